The Kier molecular flexibility index (Phi) is 6.03. The van der Waals surface area contributed by atoms with Gasteiger partial charge in [0.05, 0.1) is 6.04 Å². The van der Waals surface area contributed by atoms with Crippen molar-refractivity contribution in [1.29, 1.82) is 0 Å². The number of carbonyl (C=O) groups is 2. The summed E-state index contributed by atoms with van der Waals surface area (Å²) < 4.78 is 21.0. The number of hydrogen-bond acceptors (Lipinski definition) is 6. The number of aryl methyl sites for hydroxylation is 2. The quantitative estimate of drug-likeness (QED) is 0.738. The molecule has 2 aromatic rings. The van der Waals surface area contributed by atoms with Crippen LogP contribution in [0.1, 0.15) is 29.7 Å². The van der Waals surface area contributed by atoms with Gasteiger partial charge in [-0.05, 0) is 50.1 Å². The van der Waals surface area contributed by atoms with E-state index in [0.717, 1.165) is 16.7 Å². The number of nitrogens with one attached hydrogen (secondary N) is 1. The van der Waals surface area contributed by atoms with Gasteiger partial charge in [-0.1, -0.05) is 23.8 Å². The van der Waals surface area contributed by atoms with Gasteiger partial charge in [0.2, 0.25) is 6.79 Å². The molecular weight excluding hydrogens is 362 g/mol. The zero-order valence-electron chi connectivity index (χ0n) is 16.1. The molecule has 1 amide bonds. The van der Waals surface area contributed by atoms with Crippen molar-refractivity contribution in [3.05, 3.63) is 53.1 Å². The first kappa shape index (κ1) is 19.5. The zero-order chi connectivity index (χ0) is 20.1. The van der Waals surface area contributed by atoms with Gasteiger partial charge in [0.1, 0.15) is 5.75 Å². The predicted molar refractivity (Wildman–Crippen MR) is 101 cm³/mol. The van der Waals surface area contributed by atoms with Gasteiger partial charge in [0.25, 0.3) is 5.91 Å². The minimum atomic E-state index is -0.606. The normalized spacial score (nSPS) is 13.0. The summed E-state index contributed by atoms with van der Waals surface area (Å²) in [4.78, 5) is 23.9. The fraction of sp³-hybridized carbons (Fsp3) is 0.333. The van der Waals surface area contributed by atoms with E-state index in [1.54, 1.807) is 12.1 Å². The molecule has 1 heterocycles. The largest absolute Gasteiger partial charge is 0.482 e. The van der Waals surface area contributed by atoms with E-state index in [9.17, 15) is 9.59 Å². The van der Waals surface area contributed by atoms with E-state index < -0.39 is 11.9 Å². The van der Waals surface area contributed by atoms with E-state index in [4.69, 9.17) is 18.9 Å². The standard InChI is InChI=1S/C21H23NO6/c1-13-4-6-17(14(2)8-13)25-11-21(24)26-10-20(23)22-15(3)16-5-7-18-19(9-16)28-12-27-18/h4-9,15H,10-12H2,1-3H3,(H,22,23)/t15-/m1/s1. The summed E-state index contributed by atoms with van der Waals surface area (Å²) in [5.41, 5.74) is 2.91. The number of ether oxygens (including phenoxy) is 4. The molecule has 28 heavy (non-hydrogen) atoms. The summed E-state index contributed by atoms with van der Waals surface area (Å²) in [7, 11) is 0. The van der Waals surface area contributed by atoms with Gasteiger partial charge in [0.15, 0.2) is 24.7 Å². The minimum absolute atomic E-state index is 0.194. The number of esters is 1. The first-order valence-corrected chi connectivity index (χ1v) is 8.97. The Morgan fingerprint density at radius 3 is 2.64 bits per heavy atom. The fourth-order valence-corrected chi connectivity index (χ4v) is 2.83. The lowest BCUT2D eigenvalue weighted by atomic mass is 10.1. The highest BCUT2D eigenvalue weighted by Gasteiger charge is 2.17. The number of benzene rings is 2. The second-order valence-electron chi connectivity index (χ2n) is 6.62. The maximum Gasteiger partial charge on any atom is 0.344 e. The Morgan fingerprint density at radius 1 is 1.07 bits per heavy atom. The molecule has 1 N–H and O–H groups in total. The van der Waals surface area contributed by atoms with Crippen LogP contribution in [-0.4, -0.2) is 31.9 Å². The molecule has 2 aromatic carbocycles. The summed E-state index contributed by atoms with van der Waals surface area (Å²) in [6, 6.07) is 10.9. The van der Waals surface area contributed by atoms with Gasteiger partial charge in [0, 0.05) is 0 Å². The molecule has 0 aliphatic carbocycles. The summed E-state index contributed by atoms with van der Waals surface area (Å²) >= 11 is 0. The van der Waals surface area contributed by atoms with E-state index in [-0.39, 0.29) is 26.0 Å². The molecule has 0 bridgehead atoms. The molecule has 1 aliphatic rings. The van der Waals surface area contributed by atoms with Crippen LogP contribution in [-0.2, 0) is 14.3 Å². The highest BCUT2D eigenvalue weighted by molar-refractivity contribution is 5.81. The molecule has 0 radical (unpaired) electrons. The predicted octanol–water partition coefficient (Wildman–Crippen LogP) is 2.83. The van der Waals surface area contributed by atoms with Crippen LogP contribution in [0.5, 0.6) is 17.2 Å². The van der Waals surface area contributed by atoms with Gasteiger partial charge in [-0.25, -0.2) is 4.79 Å². The lowest BCUT2D eigenvalue weighted by molar-refractivity contribution is -0.150. The molecule has 0 spiro atoms. The first-order valence-electron chi connectivity index (χ1n) is 8.97. The van der Waals surface area contributed by atoms with Crippen LogP contribution in [0.3, 0.4) is 0 Å². The van der Waals surface area contributed by atoms with Crippen molar-refractivity contribution in [3.63, 3.8) is 0 Å². The SMILES string of the molecule is Cc1ccc(OCC(=O)OCC(=O)N[C@H](C)c2ccc3c(c2)OCO3)c(C)c1. The van der Waals surface area contributed by atoms with Gasteiger partial charge >= 0.3 is 5.97 Å². The van der Waals surface area contributed by atoms with Crippen LogP contribution in [0.4, 0.5) is 0 Å². The van der Waals surface area contributed by atoms with E-state index in [1.807, 2.05) is 45.0 Å². The van der Waals surface area contributed by atoms with Crippen molar-refractivity contribution in [1.82, 2.24) is 5.32 Å². The van der Waals surface area contributed by atoms with Crippen molar-refractivity contribution < 1.29 is 28.5 Å². The molecule has 7 heteroatoms. The third-order valence-corrected chi connectivity index (χ3v) is 4.31. The second-order valence-corrected chi connectivity index (χ2v) is 6.62. The Bertz CT molecular complexity index is 879. The molecule has 0 saturated carbocycles. The van der Waals surface area contributed by atoms with Crippen molar-refractivity contribution >= 4 is 11.9 Å². The molecule has 1 atom stereocenters. The third-order valence-electron chi connectivity index (χ3n) is 4.31. The maximum atomic E-state index is 12.0. The number of hydrogen-bond donors (Lipinski definition) is 1. The Hall–Kier alpha value is -3.22. The lowest BCUT2D eigenvalue weighted by Crippen LogP contribution is -2.32. The van der Waals surface area contributed by atoms with Crippen molar-refractivity contribution in [2.45, 2.75) is 26.8 Å². The van der Waals surface area contributed by atoms with Crippen molar-refractivity contribution in [3.8, 4) is 17.2 Å². The zero-order valence-corrected chi connectivity index (χ0v) is 16.1. The average molecular weight is 385 g/mol. The second kappa shape index (κ2) is 8.65. The maximum absolute atomic E-state index is 12.0. The van der Waals surface area contributed by atoms with Crippen molar-refractivity contribution in [2.24, 2.45) is 0 Å². The average Bonchev–Trinajstić information content (AvgIpc) is 3.13. The topological polar surface area (TPSA) is 83.1 Å². The van der Waals surface area contributed by atoms with Crippen LogP contribution in [0.2, 0.25) is 0 Å². The summed E-state index contributed by atoms with van der Waals surface area (Å²) in [5, 5.41) is 2.78. The minimum Gasteiger partial charge on any atom is -0.482 e. The summed E-state index contributed by atoms with van der Waals surface area (Å²) in [5.74, 6) is 0.938. The van der Waals surface area contributed by atoms with Crippen LogP contribution in [0, 0.1) is 13.8 Å². The van der Waals surface area contributed by atoms with Gasteiger partial charge in [-0.15, -0.1) is 0 Å². The summed E-state index contributed by atoms with van der Waals surface area (Å²) in [6.07, 6.45) is 0. The third kappa shape index (κ3) is 4.94. The highest BCUT2D eigenvalue weighted by Crippen LogP contribution is 2.34. The highest BCUT2D eigenvalue weighted by atomic mass is 16.7. The molecule has 0 aromatic heterocycles. The first-order chi connectivity index (χ1) is 13.4. The molecule has 0 fully saturated rings. The Morgan fingerprint density at radius 2 is 1.86 bits per heavy atom. The van der Waals surface area contributed by atoms with Crippen LogP contribution < -0.4 is 19.5 Å². The van der Waals surface area contributed by atoms with Crippen LogP contribution in [0.15, 0.2) is 36.4 Å². The van der Waals surface area contributed by atoms with E-state index in [1.165, 1.54) is 0 Å². The number of amides is 1. The summed E-state index contributed by atoms with van der Waals surface area (Å²) in [6.45, 7) is 5.28. The molecule has 7 nitrogen and oxygen atoms in total. The van der Waals surface area contributed by atoms with Gasteiger partial charge in [-0.3, -0.25) is 4.79 Å². The smallest absolute Gasteiger partial charge is 0.344 e. The van der Waals surface area contributed by atoms with Gasteiger partial charge < -0.3 is 24.3 Å². The Labute approximate surface area is 163 Å². The molecule has 3 rings (SSSR count). The molecule has 0 unspecified atom stereocenters. The number of fused-ring (bicyclic) bond motifs is 1. The van der Waals surface area contributed by atoms with Crippen molar-refractivity contribution in [2.75, 3.05) is 20.0 Å². The van der Waals surface area contributed by atoms with Crippen LogP contribution >= 0.6 is 0 Å². The monoisotopic (exact) mass is 385 g/mol. The number of rotatable bonds is 7. The molecule has 148 valence electrons. The number of carbonyl (C=O) groups excluding carboxylic acids is 2. The molecular formula is C21H23NO6. The van der Waals surface area contributed by atoms with Crippen LogP contribution in [0.25, 0.3) is 0 Å². The molecule has 0 saturated heterocycles. The lowest BCUT2D eigenvalue weighted by Gasteiger charge is -2.15. The van der Waals surface area contributed by atoms with E-state index in [0.29, 0.717) is 17.2 Å². The van der Waals surface area contributed by atoms with Gasteiger partial charge in [-0.2, -0.15) is 0 Å². The fourth-order valence-electron chi connectivity index (χ4n) is 2.83. The Balaban J connectivity index is 1.42. The van der Waals surface area contributed by atoms with E-state index in [2.05, 4.69) is 5.32 Å². The molecule has 1 aliphatic heterocycles. The van der Waals surface area contributed by atoms with E-state index >= 15 is 0 Å².